The van der Waals surface area contributed by atoms with Gasteiger partial charge in [0, 0.05) is 26.7 Å². The van der Waals surface area contributed by atoms with Crippen LogP contribution in [0.2, 0.25) is 0 Å². The fourth-order valence-corrected chi connectivity index (χ4v) is 3.99. The molecule has 3 N–H and O–H groups in total. The van der Waals surface area contributed by atoms with Crippen molar-refractivity contribution < 1.29 is 9.21 Å². The zero-order valence-electron chi connectivity index (χ0n) is 16.7. The first kappa shape index (κ1) is 23.7. The zero-order chi connectivity index (χ0) is 19.6. The van der Waals surface area contributed by atoms with Crippen LogP contribution in [0.15, 0.2) is 45.3 Å². The highest BCUT2D eigenvalue weighted by Gasteiger charge is 2.25. The predicted octanol–water partition coefficient (Wildman–Crippen LogP) is 3.08. The molecule has 9 heteroatoms. The van der Waals surface area contributed by atoms with Crippen molar-refractivity contribution in [3.8, 4) is 0 Å². The second-order valence-electron chi connectivity index (χ2n) is 6.74. The maximum atomic E-state index is 11.9. The standard InChI is InChI=1S/C20H29N5O2S.HI/c1-21-20(23-10-6-9-22-19(26)18-8-5-14-28-18)24-15-16(17-7-4-13-27-17)25-11-2-3-12-25;/h4-5,7-8,13-14,16H,2-3,6,9-12,15H2,1H3,(H,22,26)(H2,21,23,24);1H. The van der Waals surface area contributed by atoms with Crippen LogP contribution in [0.5, 0.6) is 0 Å². The number of hydrogen-bond donors (Lipinski definition) is 3. The van der Waals surface area contributed by atoms with Crippen LogP contribution in [0.1, 0.15) is 40.7 Å². The van der Waals surface area contributed by atoms with Crippen LogP contribution in [0, 0.1) is 0 Å². The highest BCUT2D eigenvalue weighted by molar-refractivity contribution is 14.0. The monoisotopic (exact) mass is 531 g/mol. The molecule has 2 aromatic rings. The summed E-state index contributed by atoms with van der Waals surface area (Å²) in [5, 5.41) is 11.6. The van der Waals surface area contributed by atoms with E-state index >= 15 is 0 Å². The van der Waals surface area contributed by atoms with E-state index in [-0.39, 0.29) is 35.9 Å². The van der Waals surface area contributed by atoms with E-state index in [1.165, 1.54) is 24.2 Å². The Labute approximate surface area is 193 Å². The minimum atomic E-state index is -0.00981. The fourth-order valence-electron chi connectivity index (χ4n) is 3.35. The van der Waals surface area contributed by atoms with Crippen molar-refractivity contribution in [3.05, 3.63) is 46.5 Å². The smallest absolute Gasteiger partial charge is 0.261 e. The number of nitrogens with one attached hydrogen (secondary N) is 3. The van der Waals surface area contributed by atoms with Crippen molar-refractivity contribution in [3.63, 3.8) is 0 Å². The molecule has 7 nitrogen and oxygen atoms in total. The van der Waals surface area contributed by atoms with E-state index in [4.69, 9.17) is 4.42 Å². The third-order valence-corrected chi connectivity index (χ3v) is 5.68. The maximum Gasteiger partial charge on any atom is 0.261 e. The van der Waals surface area contributed by atoms with Crippen LogP contribution in [0.25, 0.3) is 0 Å². The number of aliphatic imine (C=N–C) groups is 1. The third-order valence-electron chi connectivity index (χ3n) is 4.82. The minimum absolute atomic E-state index is 0. The Morgan fingerprint density at radius 1 is 1.21 bits per heavy atom. The third kappa shape index (κ3) is 7.31. The van der Waals surface area contributed by atoms with Crippen molar-refractivity contribution in [1.82, 2.24) is 20.9 Å². The second kappa shape index (κ2) is 12.9. The first-order valence-corrected chi connectivity index (χ1v) is 10.7. The van der Waals surface area contributed by atoms with Crippen LogP contribution < -0.4 is 16.0 Å². The number of likely N-dealkylation sites (tertiary alicyclic amines) is 1. The number of hydrogen-bond acceptors (Lipinski definition) is 5. The average molecular weight is 531 g/mol. The van der Waals surface area contributed by atoms with Crippen molar-refractivity contribution >= 4 is 47.2 Å². The second-order valence-corrected chi connectivity index (χ2v) is 7.69. The maximum absolute atomic E-state index is 11.9. The lowest BCUT2D eigenvalue weighted by molar-refractivity contribution is 0.0957. The van der Waals surface area contributed by atoms with Crippen LogP contribution in [0.4, 0.5) is 0 Å². The Morgan fingerprint density at radius 2 is 2.00 bits per heavy atom. The van der Waals surface area contributed by atoms with E-state index in [9.17, 15) is 4.79 Å². The summed E-state index contributed by atoms with van der Waals surface area (Å²) in [4.78, 5) is 19.4. The number of amides is 1. The molecule has 0 spiro atoms. The molecule has 1 unspecified atom stereocenters. The van der Waals surface area contributed by atoms with Gasteiger partial charge in [-0.2, -0.15) is 0 Å². The quantitative estimate of drug-likeness (QED) is 0.201. The lowest BCUT2D eigenvalue weighted by Crippen LogP contribution is -2.43. The van der Waals surface area contributed by atoms with Crippen molar-refractivity contribution in [2.75, 3.05) is 39.8 Å². The number of furan rings is 1. The summed E-state index contributed by atoms with van der Waals surface area (Å²) < 4.78 is 5.66. The van der Waals surface area contributed by atoms with Crippen LogP contribution in [-0.2, 0) is 0 Å². The van der Waals surface area contributed by atoms with Gasteiger partial charge in [-0.25, -0.2) is 0 Å². The number of guanidine groups is 1. The summed E-state index contributed by atoms with van der Waals surface area (Å²) in [6, 6.07) is 7.91. The van der Waals surface area contributed by atoms with E-state index in [2.05, 4.69) is 25.8 Å². The van der Waals surface area contributed by atoms with Gasteiger partial charge in [0.15, 0.2) is 5.96 Å². The van der Waals surface area contributed by atoms with E-state index in [0.29, 0.717) is 6.54 Å². The van der Waals surface area contributed by atoms with Gasteiger partial charge >= 0.3 is 0 Å². The Hall–Kier alpha value is -1.59. The molecule has 0 aromatic carbocycles. The molecule has 1 fully saturated rings. The van der Waals surface area contributed by atoms with E-state index in [1.54, 1.807) is 13.3 Å². The topological polar surface area (TPSA) is 81.9 Å². The first-order valence-electron chi connectivity index (χ1n) is 9.81. The summed E-state index contributed by atoms with van der Waals surface area (Å²) in [5.74, 6) is 1.74. The molecule has 3 rings (SSSR count). The summed E-state index contributed by atoms with van der Waals surface area (Å²) in [7, 11) is 1.77. The Kier molecular flexibility index (Phi) is 10.5. The van der Waals surface area contributed by atoms with Gasteiger partial charge in [0.1, 0.15) is 5.76 Å². The van der Waals surface area contributed by atoms with E-state index in [0.717, 1.165) is 49.2 Å². The van der Waals surface area contributed by atoms with Gasteiger partial charge in [-0.15, -0.1) is 35.3 Å². The van der Waals surface area contributed by atoms with Crippen LogP contribution >= 0.6 is 35.3 Å². The lowest BCUT2D eigenvalue weighted by atomic mass is 10.2. The van der Waals surface area contributed by atoms with E-state index < -0.39 is 0 Å². The van der Waals surface area contributed by atoms with Crippen molar-refractivity contribution in [2.24, 2.45) is 4.99 Å². The van der Waals surface area contributed by atoms with E-state index in [1.807, 2.05) is 29.6 Å². The number of thiophene rings is 1. The zero-order valence-corrected chi connectivity index (χ0v) is 19.9. The molecule has 0 radical (unpaired) electrons. The summed E-state index contributed by atoms with van der Waals surface area (Å²) in [5.41, 5.74) is 0. The molecule has 2 aromatic heterocycles. The number of halogens is 1. The number of nitrogens with zero attached hydrogens (tertiary/aromatic N) is 2. The summed E-state index contributed by atoms with van der Waals surface area (Å²) >= 11 is 1.45. The van der Waals surface area contributed by atoms with Crippen LogP contribution in [-0.4, -0.2) is 56.5 Å². The lowest BCUT2D eigenvalue weighted by Gasteiger charge is -2.26. The van der Waals surface area contributed by atoms with Gasteiger partial charge in [-0.3, -0.25) is 14.7 Å². The predicted molar refractivity (Wildman–Crippen MR) is 128 cm³/mol. The SMILES string of the molecule is CN=C(NCCCNC(=O)c1cccs1)NCC(c1ccco1)N1CCCC1.I. The number of carbonyl (C=O) groups excluding carboxylic acids is 1. The van der Waals surface area contributed by atoms with Crippen molar-refractivity contribution in [2.45, 2.75) is 25.3 Å². The number of rotatable bonds is 9. The molecule has 0 bridgehead atoms. The molecular weight excluding hydrogens is 501 g/mol. The van der Waals surface area contributed by atoms with Gasteiger partial charge in [0.25, 0.3) is 5.91 Å². The number of carbonyl (C=O) groups is 1. The molecule has 3 heterocycles. The van der Waals surface area contributed by atoms with Crippen molar-refractivity contribution in [1.29, 1.82) is 0 Å². The molecule has 1 atom stereocenters. The van der Waals surface area contributed by atoms with Gasteiger partial charge in [-0.1, -0.05) is 6.07 Å². The Morgan fingerprint density at radius 3 is 2.66 bits per heavy atom. The molecule has 0 saturated carbocycles. The Bertz CT molecular complexity index is 730. The largest absolute Gasteiger partial charge is 0.468 e. The molecular formula is C20H30IN5O2S. The molecule has 1 saturated heterocycles. The average Bonchev–Trinajstić information content (AvgIpc) is 3.49. The van der Waals surface area contributed by atoms with Gasteiger partial charge < -0.3 is 20.4 Å². The molecule has 1 aliphatic rings. The van der Waals surface area contributed by atoms with Gasteiger partial charge in [-0.05, 0) is 55.9 Å². The minimum Gasteiger partial charge on any atom is -0.468 e. The molecule has 1 aliphatic heterocycles. The normalized spacial score (nSPS) is 15.6. The highest BCUT2D eigenvalue weighted by atomic mass is 127. The highest BCUT2D eigenvalue weighted by Crippen LogP contribution is 2.24. The van der Waals surface area contributed by atoms with Gasteiger partial charge in [0.05, 0.1) is 17.2 Å². The summed E-state index contributed by atoms with van der Waals surface area (Å²) in [6.07, 6.45) is 5.03. The molecule has 29 heavy (non-hydrogen) atoms. The summed E-state index contributed by atoms with van der Waals surface area (Å²) in [6.45, 7) is 4.30. The Balaban J connectivity index is 0.00000300. The van der Waals surface area contributed by atoms with Gasteiger partial charge in [0.2, 0.25) is 0 Å². The fraction of sp³-hybridized carbons (Fsp3) is 0.500. The van der Waals surface area contributed by atoms with Crippen LogP contribution in [0.3, 0.4) is 0 Å². The molecule has 0 aliphatic carbocycles. The molecule has 160 valence electrons. The molecule has 1 amide bonds. The first-order chi connectivity index (χ1) is 13.8.